The van der Waals surface area contributed by atoms with Crippen molar-refractivity contribution in [3.05, 3.63) is 95.8 Å². The summed E-state index contributed by atoms with van der Waals surface area (Å²) in [5.74, 6) is -1.20. The number of para-hydroxylation sites is 1. The highest BCUT2D eigenvalue weighted by Gasteiger charge is 2.11. The van der Waals surface area contributed by atoms with E-state index in [0.29, 0.717) is 5.56 Å². The van der Waals surface area contributed by atoms with Gasteiger partial charge in [0.05, 0.1) is 5.69 Å². The maximum atomic E-state index is 13.6. The molecule has 3 aromatic carbocycles. The van der Waals surface area contributed by atoms with Gasteiger partial charge in [-0.15, -0.1) is 0 Å². The first-order valence-electron chi connectivity index (χ1n) is 8.00. The van der Waals surface area contributed by atoms with E-state index in [-0.39, 0.29) is 11.3 Å². The minimum absolute atomic E-state index is 0.0399. The Morgan fingerprint density at radius 1 is 0.885 bits per heavy atom. The first-order chi connectivity index (χ1) is 12.7. The fourth-order valence-corrected chi connectivity index (χ4v) is 2.47. The van der Waals surface area contributed by atoms with Crippen molar-refractivity contribution >= 4 is 17.7 Å². The van der Waals surface area contributed by atoms with Crippen molar-refractivity contribution in [1.29, 1.82) is 5.26 Å². The van der Waals surface area contributed by atoms with Gasteiger partial charge in [0.15, 0.2) is 0 Å². The van der Waals surface area contributed by atoms with Gasteiger partial charge in [-0.1, -0.05) is 66.7 Å². The summed E-state index contributed by atoms with van der Waals surface area (Å²) < 4.78 is 13.6. The van der Waals surface area contributed by atoms with Crippen molar-refractivity contribution in [1.82, 2.24) is 0 Å². The molecule has 0 atom stereocenters. The second kappa shape index (κ2) is 7.91. The number of nitrogens with zero attached hydrogens (tertiary/aromatic N) is 1. The lowest BCUT2D eigenvalue weighted by atomic mass is 10.0. The van der Waals surface area contributed by atoms with Crippen molar-refractivity contribution in [3.8, 4) is 17.2 Å². The van der Waals surface area contributed by atoms with E-state index in [9.17, 15) is 14.4 Å². The largest absolute Gasteiger partial charge is 0.319 e. The van der Waals surface area contributed by atoms with E-state index in [0.717, 1.165) is 11.1 Å². The van der Waals surface area contributed by atoms with Crippen LogP contribution in [-0.2, 0) is 4.79 Å². The molecule has 0 aliphatic heterocycles. The quantitative estimate of drug-likeness (QED) is 0.533. The number of amides is 1. The molecule has 3 nitrogen and oxygen atoms in total. The van der Waals surface area contributed by atoms with Gasteiger partial charge in [-0.3, -0.25) is 4.79 Å². The lowest BCUT2D eigenvalue weighted by Crippen LogP contribution is -2.14. The molecule has 1 N–H and O–H groups in total. The highest BCUT2D eigenvalue weighted by molar-refractivity contribution is 6.09. The molecule has 0 aromatic heterocycles. The van der Waals surface area contributed by atoms with Gasteiger partial charge in [0.2, 0.25) is 0 Å². The summed E-state index contributed by atoms with van der Waals surface area (Å²) in [4.78, 5) is 12.2. The Balaban J connectivity index is 1.79. The summed E-state index contributed by atoms with van der Waals surface area (Å²) in [6.45, 7) is 0. The molecule has 0 aliphatic carbocycles. The second-order valence-electron chi connectivity index (χ2n) is 5.59. The van der Waals surface area contributed by atoms with Crippen molar-refractivity contribution < 1.29 is 9.18 Å². The lowest BCUT2D eigenvalue weighted by Gasteiger charge is -2.06. The third-order valence-corrected chi connectivity index (χ3v) is 3.82. The van der Waals surface area contributed by atoms with Gasteiger partial charge in [0, 0.05) is 0 Å². The Labute approximate surface area is 151 Å². The number of anilines is 1. The summed E-state index contributed by atoms with van der Waals surface area (Å²) in [7, 11) is 0. The highest BCUT2D eigenvalue weighted by atomic mass is 19.1. The average Bonchev–Trinajstić information content (AvgIpc) is 2.69. The molecule has 0 spiro atoms. The van der Waals surface area contributed by atoms with E-state index in [4.69, 9.17) is 0 Å². The molecule has 4 heteroatoms. The van der Waals surface area contributed by atoms with Crippen LogP contribution in [0.2, 0.25) is 0 Å². The predicted octanol–water partition coefficient (Wildman–Crippen LogP) is 5.04. The smallest absolute Gasteiger partial charge is 0.266 e. The average molecular weight is 342 g/mol. The van der Waals surface area contributed by atoms with E-state index in [1.54, 1.807) is 6.07 Å². The molecule has 0 saturated carbocycles. The summed E-state index contributed by atoms with van der Waals surface area (Å²) in [5.41, 5.74) is 2.78. The fraction of sp³-hybridized carbons (Fsp3) is 0. The summed E-state index contributed by atoms with van der Waals surface area (Å²) >= 11 is 0. The molecule has 0 radical (unpaired) electrons. The molecule has 1 amide bonds. The minimum Gasteiger partial charge on any atom is -0.319 e. The predicted molar refractivity (Wildman–Crippen MR) is 100 cm³/mol. The van der Waals surface area contributed by atoms with Crippen LogP contribution in [0.15, 0.2) is 84.4 Å². The van der Waals surface area contributed by atoms with Crippen LogP contribution in [-0.4, -0.2) is 5.91 Å². The molecule has 0 aliphatic rings. The molecule has 0 unspecified atom stereocenters. The third-order valence-electron chi connectivity index (χ3n) is 3.82. The molecule has 0 saturated heterocycles. The topological polar surface area (TPSA) is 52.9 Å². The molecule has 0 fully saturated rings. The van der Waals surface area contributed by atoms with Gasteiger partial charge in [0.25, 0.3) is 5.91 Å². The van der Waals surface area contributed by atoms with Crippen LogP contribution in [0.3, 0.4) is 0 Å². The van der Waals surface area contributed by atoms with Crippen LogP contribution in [0, 0.1) is 17.1 Å². The maximum Gasteiger partial charge on any atom is 0.266 e. The molecular formula is C22H15FN2O. The molecule has 3 rings (SSSR count). The number of carbonyl (C=O) groups is 1. The van der Waals surface area contributed by atoms with E-state index < -0.39 is 11.7 Å². The summed E-state index contributed by atoms with van der Waals surface area (Å²) in [6, 6.07) is 25.1. The van der Waals surface area contributed by atoms with Crippen LogP contribution in [0.4, 0.5) is 10.1 Å². The zero-order chi connectivity index (χ0) is 18.4. The van der Waals surface area contributed by atoms with E-state index in [1.807, 2.05) is 60.7 Å². The first kappa shape index (κ1) is 17.1. The number of rotatable bonds is 4. The van der Waals surface area contributed by atoms with Gasteiger partial charge in [0.1, 0.15) is 17.5 Å². The van der Waals surface area contributed by atoms with Crippen LogP contribution in [0.25, 0.3) is 17.2 Å². The number of halogens is 1. The number of nitrogens with one attached hydrogen (secondary N) is 1. The fourth-order valence-electron chi connectivity index (χ4n) is 2.47. The van der Waals surface area contributed by atoms with E-state index in [1.165, 1.54) is 24.3 Å². The summed E-state index contributed by atoms with van der Waals surface area (Å²) in [6.07, 6.45) is 1.48. The molecular weight excluding hydrogens is 327 g/mol. The maximum absolute atomic E-state index is 13.6. The number of hydrogen-bond donors (Lipinski definition) is 1. The van der Waals surface area contributed by atoms with Crippen molar-refractivity contribution in [2.24, 2.45) is 0 Å². The lowest BCUT2D eigenvalue weighted by molar-refractivity contribution is -0.112. The van der Waals surface area contributed by atoms with Crippen LogP contribution in [0.5, 0.6) is 0 Å². The zero-order valence-electron chi connectivity index (χ0n) is 13.8. The van der Waals surface area contributed by atoms with Gasteiger partial charge in [-0.2, -0.15) is 5.26 Å². The minimum atomic E-state index is -0.648. The van der Waals surface area contributed by atoms with Gasteiger partial charge in [-0.05, 0) is 34.9 Å². The zero-order valence-corrected chi connectivity index (χ0v) is 13.8. The standard InChI is InChI=1S/C22H15FN2O/c23-20-8-4-5-9-21(20)25-22(26)19(15-24)14-16-10-12-18(13-11-16)17-6-2-1-3-7-17/h1-14H,(H,25,26)/b19-14+. The number of nitriles is 1. The normalized spacial score (nSPS) is 10.8. The Bertz CT molecular complexity index is 987. The molecule has 0 heterocycles. The SMILES string of the molecule is N#C/C(=C\c1ccc(-c2ccccc2)cc1)C(=O)Nc1ccccc1F. The van der Waals surface area contributed by atoms with Crippen molar-refractivity contribution in [2.75, 3.05) is 5.32 Å². The van der Waals surface area contributed by atoms with E-state index >= 15 is 0 Å². The van der Waals surface area contributed by atoms with Gasteiger partial charge < -0.3 is 5.32 Å². The van der Waals surface area contributed by atoms with Gasteiger partial charge >= 0.3 is 0 Å². The highest BCUT2D eigenvalue weighted by Crippen LogP contribution is 2.20. The Morgan fingerprint density at radius 2 is 1.50 bits per heavy atom. The van der Waals surface area contributed by atoms with Crippen molar-refractivity contribution in [3.63, 3.8) is 0 Å². The number of hydrogen-bond acceptors (Lipinski definition) is 2. The Hall–Kier alpha value is -3.71. The van der Waals surface area contributed by atoms with Crippen LogP contribution < -0.4 is 5.32 Å². The third kappa shape index (κ3) is 4.03. The number of benzene rings is 3. The molecule has 3 aromatic rings. The van der Waals surface area contributed by atoms with Gasteiger partial charge in [-0.25, -0.2) is 4.39 Å². The van der Waals surface area contributed by atoms with Crippen molar-refractivity contribution in [2.45, 2.75) is 0 Å². The second-order valence-corrected chi connectivity index (χ2v) is 5.59. The molecule has 26 heavy (non-hydrogen) atoms. The molecule has 126 valence electrons. The van der Waals surface area contributed by atoms with E-state index in [2.05, 4.69) is 5.32 Å². The van der Waals surface area contributed by atoms with Crippen LogP contribution >= 0.6 is 0 Å². The van der Waals surface area contributed by atoms with Crippen LogP contribution in [0.1, 0.15) is 5.56 Å². The molecule has 0 bridgehead atoms. The summed E-state index contributed by atoms with van der Waals surface area (Å²) in [5, 5.41) is 11.7. The number of carbonyl (C=O) groups excluding carboxylic acids is 1. The monoisotopic (exact) mass is 342 g/mol. The Morgan fingerprint density at radius 3 is 2.15 bits per heavy atom. The first-order valence-corrected chi connectivity index (χ1v) is 8.00. The Kier molecular flexibility index (Phi) is 5.21.